The third-order valence-electron chi connectivity index (χ3n) is 6.99. The van der Waals surface area contributed by atoms with Gasteiger partial charge in [-0.2, -0.15) is 9.78 Å². The lowest BCUT2D eigenvalue weighted by Crippen LogP contribution is -2.20. The number of furan rings is 1. The molecule has 4 aromatic carbocycles. The molecular weight excluding hydrogens is 680 g/mol. The van der Waals surface area contributed by atoms with E-state index in [0.717, 1.165) is 5.39 Å². The number of non-ortho nitro benzene ring substituents is 1. The van der Waals surface area contributed by atoms with Crippen LogP contribution in [0.15, 0.2) is 97.6 Å². The average molecular weight is 704 g/mol. The number of nitrogens with zero attached hydrogens (tertiary/aromatic N) is 4. The third-order valence-corrected chi connectivity index (χ3v) is 8.43. The molecule has 0 amide bonds. The van der Waals surface area contributed by atoms with Crippen molar-refractivity contribution in [1.29, 1.82) is 0 Å². The summed E-state index contributed by atoms with van der Waals surface area (Å²) in [6, 6.07) is 21.9. The van der Waals surface area contributed by atoms with Crippen molar-refractivity contribution in [2.75, 3.05) is 13.7 Å². The number of para-hydroxylation sites is 1. The maximum Gasteiger partial charge on any atom is 0.282 e. The standard InChI is InChI=1S/C33H24BrClN4O7/c1-3-44-27-15-20(29(34)30(35)31(27)45-18-19-8-6-9-21(14-19)39(41)42)17-36-38-32(37-24-11-5-4-10-22(24)33(38)40)28-16-23-25(43-2)12-7-13-26(23)46-28/h4-17H,3,18H2,1-2H3. The van der Waals surface area contributed by atoms with Crippen LogP contribution in [0.25, 0.3) is 33.5 Å². The number of hydrogen-bond donors (Lipinski definition) is 0. The van der Waals surface area contributed by atoms with Crippen LogP contribution in [0.4, 0.5) is 5.69 Å². The van der Waals surface area contributed by atoms with Gasteiger partial charge in [-0.1, -0.05) is 41.9 Å². The van der Waals surface area contributed by atoms with Crippen molar-refractivity contribution in [3.63, 3.8) is 0 Å². The maximum absolute atomic E-state index is 13.8. The summed E-state index contributed by atoms with van der Waals surface area (Å²) in [5.74, 6) is 1.66. The number of ether oxygens (including phenoxy) is 3. The van der Waals surface area contributed by atoms with Crippen LogP contribution in [0.3, 0.4) is 0 Å². The third kappa shape index (κ3) is 5.92. The number of fused-ring (bicyclic) bond motifs is 2. The molecule has 0 unspecified atom stereocenters. The second kappa shape index (κ2) is 13.0. The Morgan fingerprint density at radius 3 is 2.63 bits per heavy atom. The number of nitro benzene ring substituents is 1. The van der Waals surface area contributed by atoms with Crippen molar-refractivity contribution in [2.45, 2.75) is 13.5 Å². The zero-order chi connectivity index (χ0) is 32.4. The molecule has 0 N–H and O–H groups in total. The summed E-state index contributed by atoms with van der Waals surface area (Å²) in [5, 5.41) is 17.0. The molecule has 46 heavy (non-hydrogen) atoms. The van der Waals surface area contributed by atoms with E-state index in [1.54, 1.807) is 61.7 Å². The predicted octanol–water partition coefficient (Wildman–Crippen LogP) is 8.00. The lowest BCUT2D eigenvalue weighted by Gasteiger charge is -2.16. The Hall–Kier alpha value is -5.20. The van der Waals surface area contributed by atoms with Crippen LogP contribution >= 0.6 is 27.5 Å². The van der Waals surface area contributed by atoms with Gasteiger partial charge in [0.05, 0.1) is 41.1 Å². The molecule has 0 atom stereocenters. The summed E-state index contributed by atoms with van der Waals surface area (Å²) in [4.78, 5) is 29.2. The fraction of sp³-hybridized carbons (Fsp3) is 0.121. The van der Waals surface area contributed by atoms with E-state index in [-0.39, 0.29) is 28.9 Å². The molecule has 0 fully saturated rings. The Kier molecular flexibility index (Phi) is 8.73. The van der Waals surface area contributed by atoms with E-state index >= 15 is 0 Å². The first-order valence-electron chi connectivity index (χ1n) is 13.9. The Morgan fingerprint density at radius 2 is 1.85 bits per heavy atom. The molecule has 232 valence electrons. The first-order valence-corrected chi connectivity index (χ1v) is 15.1. The molecular formula is C33H24BrClN4O7. The monoisotopic (exact) mass is 702 g/mol. The number of aromatic nitrogens is 2. The van der Waals surface area contributed by atoms with Gasteiger partial charge in [-0.25, -0.2) is 4.98 Å². The van der Waals surface area contributed by atoms with Crippen molar-refractivity contribution in [2.24, 2.45) is 5.10 Å². The summed E-state index contributed by atoms with van der Waals surface area (Å²) < 4.78 is 25.0. The van der Waals surface area contributed by atoms with E-state index in [1.807, 2.05) is 19.1 Å². The second-order valence-corrected chi connectivity index (χ2v) is 11.0. The molecule has 6 aromatic rings. The van der Waals surface area contributed by atoms with Gasteiger partial charge >= 0.3 is 0 Å². The number of rotatable bonds is 10. The van der Waals surface area contributed by atoms with Crippen LogP contribution in [0.2, 0.25) is 5.02 Å². The molecule has 0 aliphatic rings. The number of halogens is 2. The minimum Gasteiger partial charge on any atom is -0.496 e. The molecule has 0 bridgehead atoms. The summed E-state index contributed by atoms with van der Waals surface area (Å²) in [7, 11) is 1.57. The fourth-order valence-corrected chi connectivity index (χ4v) is 5.50. The summed E-state index contributed by atoms with van der Waals surface area (Å²) >= 11 is 10.3. The van der Waals surface area contributed by atoms with E-state index in [0.29, 0.717) is 56.0 Å². The smallest absolute Gasteiger partial charge is 0.282 e. The van der Waals surface area contributed by atoms with Crippen molar-refractivity contribution >= 4 is 61.3 Å². The van der Waals surface area contributed by atoms with E-state index in [4.69, 9.17) is 35.2 Å². The summed E-state index contributed by atoms with van der Waals surface area (Å²) in [6.45, 7) is 2.11. The van der Waals surface area contributed by atoms with Gasteiger partial charge in [0.1, 0.15) is 23.0 Å². The van der Waals surface area contributed by atoms with Gasteiger partial charge in [0.15, 0.2) is 17.3 Å². The second-order valence-electron chi connectivity index (χ2n) is 9.87. The molecule has 0 saturated heterocycles. The van der Waals surface area contributed by atoms with Crippen LogP contribution in [-0.2, 0) is 6.61 Å². The Bertz CT molecular complexity index is 2210. The minimum absolute atomic E-state index is 0.00511. The lowest BCUT2D eigenvalue weighted by atomic mass is 10.2. The van der Waals surface area contributed by atoms with E-state index in [1.165, 1.54) is 23.0 Å². The molecule has 11 nitrogen and oxygen atoms in total. The van der Waals surface area contributed by atoms with Gasteiger partial charge in [-0.15, -0.1) is 0 Å². The zero-order valence-corrected chi connectivity index (χ0v) is 26.7. The van der Waals surface area contributed by atoms with E-state index in [9.17, 15) is 14.9 Å². The minimum atomic E-state index is -0.473. The molecule has 0 spiro atoms. The van der Waals surface area contributed by atoms with Crippen LogP contribution in [0, 0.1) is 10.1 Å². The highest BCUT2D eigenvalue weighted by Crippen LogP contribution is 2.43. The highest BCUT2D eigenvalue weighted by atomic mass is 79.9. The molecule has 0 saturated carbocycles. The number of methoxy groups -OCH3 is 1. The summed E-state index contributed by atoms with van der Waals surface area (Å²) in [5.41, 5.74) is 1.64. The lowest BCUT2D eigenvalue weighted by molar-refractivity contribution is -0.384. The SMILES string of the molecule is CCOc1cc(C=Nn2c(-c3cc4c(OC)cccc4o3)nc3ccccc3c2=O)c(Br)c(Cl)c1OCc1cccc([N+](=O)[O-])c1. The Morgan fingerprint density at radius 1 is 1.04 bits per heavy atom. The molecule has 13 heteroatoms. The first kappa shape index (κ1) is 30.8. The van der Waals surface area contributed by atoms with Gasteiger partial charge < -0.3 is 18.6 Å². The van der Waals surface area contributed by atoms with Gasteiger partial charge in [0.2, 0.25) is 5.82 Å². The first-order chi connectivity index (χ1) is 22.3. The zero-order valence-electron chi connectivity index (χ0n) is 24.4. The van der Waals surface area contributed by atoms with E-state index < -0.39 is 10.5 Å². The molecule has 0 radical (unpaired) electrons. The van der Waals surface area contributed by atoms with Gasteiger partial charge in [-0.3, -0.25) is 14.9 Å². The normalized spacial score (nSPS) is 11.4. The van der Waals surface area contributed by atoms with Gasteiger partial charge in [0.25, 0.3) is 11.2 Å². The maximum atomic E-state index is 13.8. The molecule has 0 aliphatic heterocycles. The van der Waals surface area contributed by atoms with Crippen molar-refractivity contribution < 1.29 is 23.6 Å². The van der Waals surface area contributed by atoms with Gasteiger partial charge in [0, 0.05) is 22.2 Å². The topological polar surface area (TPSA) is 131 Å². The largest absolute Gasteiger partial charge is 0.496 e. The molecule has 2 heterocycles. The molecule has 2 aromatic heterocycles. The van der Waals surface area contributed by atoms with Gasteiger partial charge in [-0.05, 0) is 64.8 Å². The Balaban J connectivity index is 1.42. The molecule has 0 aliphatic carbocycles. The predicted molar refractivity (Wildman–Crippen MR) is 179 cm³/mol. The Labute approximate surface area is 274 Å². The van der Waals surface area contributed by atoms with Crippen molar-refractivity contribution in [3.05, 3.63) is 120 Å². The van der Waals surface area contributed by atoms with E-state index in [2.05, 4.69) is 21.0 Å². The fourth-order valence-electron chi connectivity index (χ4n) is 4.84. The van der Waals surface area contributed by atoms with Crippen LogP contribution in [0.1, 0.15) is 18.1 Å². The summed E-state index contributed by atoms with van der Waals surface area (Å²) in [6.07, 6.45) is 1.45. The highest BCUT2D eigenvalue weighted by Gasteiger charge is 2.20. The number of hydrogen-bond acceptors (Lipinski definition) is 9. The molecule has 6 rings (SSSR count). The average Bonchev–Trinajstić information content (AvgIpc) is 3.51. The van der Waals surface area contributed by atoms with Crippen LogP contribution in [0.5, 0.6) is 17.2 Å². The quantitative estimate of drug-likeness (QED) is 0.0797. The van der Waals surface area contributed by atoms with Crippen LogP contribution < -0.4 is 19.8 Å². The number of benzene rings is 4. The van der Waals surface area contributed by atoms with Crippen molar-refractivity contribution in [3.8, 4) is 28.8 Å². The number of nitro groups is 1. The van der Waals surface area contributed by atoms with Crippen LogP contribution in [-0.4, -0.2) is 34.5 Å². The highest BCUT2D eigenvalue weighted by molar-refractivity contribution is 9.10. The van der Waals surface area contributed by atoms with Crippen molar-refractivity contribution in [1.82, 2.24) is 9.66 Å².